The largest absolute Gasteiger partial charge is 0.467 e. The molecule has 7 nitrogen and oxygen atoms in total. The predicted molar refractivity (Wildman–Crippen MR) is 81.6 cm³/mol. The first-order valence-electron chi connectivity index (χ1n) is 6.78. The maximum atomic E-state index is 12.1. The Morgan fingerprint density at radius 3 is 3.00 bits per heavy atom. The Bertz CT molecular complexity index is 769. The summed E-state index contributed by atoms with van der Waals surface area (Å²) in [6, 6.07) is 4.60. The van der Waals surface area contributed by atoms with E-state index in [4.69, 9.17) is 14.2 Å². The number of thiophene rings is 1. The molecule has 23 heavy (non-hydrogen) atoms. The molecule has 2 aromatic rings. The van der Waals surface area contributed by atoms with Crippen molar-refractivity contribution in [2.45, 2.75) is 20.1 Å². The van der Waals surface area contributed by atoms with Crippen molar-refractivity contribution < 1.29 is 23.9 Å². The lowest BCUT2D eigenvalue weighted by atomic mass is 10.1. The molecule has 8 heteroatoms. The molecular weight excluding hydrogens is 322 g/mol. The van der Waals surface area contributed by atoms with E-state index in [1.807, 2.05) is 18.4 Å². The number of rotatable bonds is 4. The van der Waals surface area contributed by atoms with Crippen molar-refractivity contribution in [3.8, 4) is 5.75 Å². The number of hydrogen-bond acceptors (Lipinski definition) is 7. The van der Waals surface area contributed by atoms with Gasteiger partial charge in [0.1, 0.15) is 17.2 Å². The van der Waals surface area contributed by atoms with E-state index in [0.717, 1.165) is 5.56 Å². The van der Waals surface area contributed by atoms with Gasteiger partial charge in [0.15, 0.2) is 6.79 Å². The second-order valence-electron chi connectivity index (χ2n) is 4.97. The quantitative estimate of drug-likeness (QED) is 0.484. The number of hydrogen-bond donors (Lipinski definition) is 0. The summed E-state index contributed by atoms with van der Waals surface area (Å²) in [6.07, 6.45) is 0. The topological polar surface area (TPSA) is 87.9 Å². The van der Waals surface area contributed by atoms with Crippen LogP contribution in [-0.4, -0.2) is 17.7 Å². The summed E-state index contributed by atoms with van der Waals surface area (Å²) in [5.74, 6) is 0.0300. The van der Waals surface area contributed by atoms with E-state index in [0.29, 0.717) is 21.8 Å². The molecule has 0 saturated carbocycles. The van der Waals surface area contributed by atoms with Crippen LogP contribution in [0, 0.1) is 17.0 Å². The highest BCUT2D eigenvalue weighted by atomic mass is 32.1. The molecule has 0 aliphatic carbocycles. The third kappa shape index (κ3) is 3.17. The maximum Gasteiger partial charge on any atom is 0.348 e. The fourth-order valence-corrected chi connectivity index (χ4v) is 3.10. The smallest absolute Gasteiger partial charge is 0.348 e. The summed E-state index contributed by atoms with van der Waals surface area (Å²) in [5, 5.41) is 12.8. The van der Waals surface area contributed by atoms with Gasteiger partial charge in [-0.1, -0.05) is 0 Å². The standard InChI is InChI=1S/C15H13NO6S/c1-9-2-3-23-14(9)15(17)21-7-11-5-12(16(18)19)4-10-6-20-8-22-13(10)11/h2-5H,6-8H2,1H3. The van der Waals surface area contributed by atoms with Gasteiger partial charge in [-0.3, -0.25) is 10.1 Å². The van der Waals surface area contributed by atoms with Crippen LogP contribution in [-0.2, 0) is 22.7 Å². The van der Waals surface area contributed by atoms with Crippen molar-refractivity contribution in [2.75, 3.05) is 6.79 Å². The predicted octanol–water partition coefficient (Wildman–Crippen LogP) is 3.19. The third-order valence-electron chi connectivity index (χ3n) is 3.39. The van der Waals surface area contributed by atoms with E-state index < -0.39 is 10.9 Å². The molecule has 1 aliphatic heterocycles. The Hall–Kier alpha value is -2.45. The first kappa shape index (κ1) is 15.4. The molecule has 0 amide bonds. The molecule has 0 fully saturated rings. The molecule has 0 atom stereocenters. The molecule has 1 aromatic carbocycles. The fraction of sp³-hybridized carbons (Fsp3) is 0.267. The van der Waals surface area contributed by atoms with Gasteiger partial charge in [-0.15, -0.1) is 11.3 Å². The highest BCUT2D eigenvalue weighted by Crippen LogP contribution is 2.33. The average Bonchev–Trinajstić information content (AvgIpc) is 2.98. The molecule has 1 aliphatic rings. The van der Waals surface area contributed by atoms with E-state index in [2.05, 4.69) is 0 Å². The number of carbonyl (C=O) groups excluding carboxylic acids is 1. The lowest BCUT2D eigenvalue weighted by Crippen LogP contribution is -2.15. The Morgan fingerprint density at radius 2 is 2.30 bits per heavy atom. The number of benzene rings is 1. The minimum atomic E-state index is -0.496. The van der Waals surface area contributed by atoms with Crippen LogP contribution < -0.4 is 4.74 Å². The molecule has 0 unspecified atom stereocenters. The second kappa shape index (κ2) is 6.35. The summed E-state index contributed by atoms with van der Waals surface area (Å²) in [4.78, 5) is 23.1. The van der Waals surface area contributed by atoms with Gasteiger partial charge >= 0.3 is 5.97 Å². The number of nitro groups is 1. The number of fused-ring (bicyclic) bond motifs is 1. The number of nitrogens with zero attached hydrogens (tertiary/aromatic N) is 1. The fourth-order valence-electron chi connectivity index (χ4n) is 2.28. The van der Waals surface area contributed by atoms with Crippen LogP contribution >= 0.6 is 11.3 Å². The van der Waals surface area contributed by atoms with Gasteiger partial charge in [0.25, 0.3) is 5.69 Å². The normalized spacial score (nSPS) is 13.1. The molecule has 0 bridgehead atoms. The van der Waals surface area contributed by atoms with Crippen molar-refractivity contribution >= 4 is 23.0 Å². The number of esters is 1. The molecular formula is C15H13NO6S. The molecule has 1 aromatic heterocycles. The Morgan fingerprint density at radius 1 is 1.48 bits per heavy atom. The minimum Gasteiger partial charge on any atom is -0.467 e. The van der Waals surface area contributed by atoms with Crippen molar-refractivity contribution in [3.63, 3.8) is 0 Å². The van der Waals surface area contributed by atoms with Gasteiger partial charge in [0.2, 0.25) is 0 Å². The zero-order valence-electron chi connectivity index (χ0n) is 12.2. The van der Waals surface area contributed by atoms with E-state index in [1.165, 1.54) is 23.5 Å². The summed E-state index contributed by atoms with van der Waals surface area (Å²) in [6.45, 7) is 2.01. The molecule has 120 valence electrons. The van der Waals surface area contributed by atoms with E-state index in [9.17, 15) is 14.9 Å². The maximum absolute atomic E-state index is 12.1. The number of aryl methyl sites for hydroxylation is 1. The van der Waals surface area contributed by atoms with E-state index >= 15 is 0 Å². The summed E-state index contributed by atoms with van der Waals surface area (Å²) in [7, 11) is 0. The van der Waals surface area contributed by atoms with Gasteiger partial charge < -0.3 is 14.2 Å². The SMILES string of the molecule is Cc1ccsc1C(=O)OCc1cc([N+](=O)[O-])cc2c1OCOC2. The lowest BCUT2D eigenvalue weighted by molar-refractivity contribution is -0.385. The third-order valence-corrected chi connectivity index (χ3v) is 4.39. The first-order valence-corrected chi connectivity index (χ1v) is 7.66. The van der Waals surface area contributed by atoms with Crippen LogP contribution in [0.2, 0.25) is 0 Å². The zero-order chi connectivity index (χ0) is 16.4. The molecule has 0 N–H and O–H groups in total. The second-order valence-corrected chi connectivity index (χ2v) is 5.89. The van der Waals surface area contributed by atoms with Gasteiger partial charge in [-0.2, -0.15) is 0 Å². The molecule has 3 rings (SSSR count). The van der Waals surface area contributed by atoms with Crippen LogP contribution in [0.25, 0.3) is 0 Å². The van der Waals surface area contributed by atoms with Gasteiger partial charge in [-0.05, 0) is 23.9 Å². The molecule has 0 spiro atoms. The average molecular weight is 335 g/mol. The first-order chi connectivity index (χ1) is 11.1. The summed E-state index contributed by atoms with van der Waals surface area (Å²) in [5.41, 5.74) is 1.78. The van der Waals surface area contributed by atoms with E-state index in [-0.39, 0.29) is 25.7 Å². The van der Waals surface area contributed by atoms with Crippen LogP contribution in [0.5, 0.6) is 5.75 Å². The number of non-ortho nitro benzene ring substituents is 1. The van der Waals surface area contributed by atoms with Crippen LogP contribution in [0.1, 0.15) is 26.4 Å². The minimum absolute atomic E-state index is 0.0653. The Labute approximate surface area is 135 Å². The van der Waals surface area contributed by atoms with Crippen LogP contribution in [0.15, 0.2) is 23.6 Å². The van der Waals surface area contributed by atoms with Crippen molar-refractivity contribution in [1.29, 1.82) is 0 Å². The monoisotopic (exact) mass is 335 g/mol. The highest BCUT2D eigenvalue weighted by Gasteiger charge is 2.22. The molecule has 0 radical (unpaired) electrons. The van der Waals surface area contributed by atoms with Crippen molar-refractivity contribution in [3.05, 3.63) is 55.3 Å². The van der Waals surface area contributed by atoms with Crippen LogP contribution in [0.4, 0.5) is 5.69 Å². The van der Waals surface area contributed by atoms with Crippen LogP contribution in [0.3, 0.4) is 0 Å². The van der Waals surface area contributed by atoms with Crippen molar-refractivity contribution in [1.82, 2.24) is 0 Å². The van der Waals surface area contributed by atoms with Gasteiger partial charge in [0.05, 0.1) is 11.5 Å². The number of carbonyl (C=O) groups is 1. The van der Waals surface area contributed by atoms with Crippen molar-refractivity contribution in [2.24, 2.45) is 0 Å². The van der Waals surface area contributed by atoms with Gasteiger partial charge in [0, 0.05) is 23.3 Å². The summed E-state index contributed by atoms with van der Waals surface area (Å²) < 4.78 is 15.8. The Kier molecular flexibility index (Phi) is 4.26. The summed E-state index contributed by atoms with van der Waals surface area (Å²) >= 11 is 1.30. The lowest BCUT2D eigenvalue weighted by Gasteiger charge is -2.20. The molecule has 0 saturated heterocycles. The number of nitro benzene ring substituents is 1. The highest BCUT2D eigenvalue weighted by molar-refractivity contribution is 7.12. The Balaban J connectivity index is 1.84. The van der Waals surface area contributed by atoms with Gasteiger partial charge in [-0.25, -0.2) is 4.79 Å². The van der Waals surface area contributed by atoms with E-state index in [1.54, 1.807) is 0 Å². The molecule has 2 heterocycles. The number of ether oxygens (including phenoxy) is 3. The zero-order valence-corrected chi connectivity index (χ0v) is 13.1.